The number of halogens is 2. The molecule has 0 aliphatic heterocycles. The summed E-state index contributed by atoms with van der Waals surface area (Å²) in [6.45, 7) is 0.202. The summed E-state index contributed by atoms with van der Waals surface area (Å²) in [7, 11) is 0. The highest BCUT2D eigenvalue weighted by atomic mass is 35.5. The van der Waals surface area contributed by atoms with Crippen LogP contribution in [0.25, 0.3) is 0 Å². The van der Waals surface area contributed by atoms with E-state index in [1.807, 2.05) is 30.3 Å². The number of carbonyl (C=O) groups is 2. The monoisotopic (exact) mass is 272 g/mol. The molecule has 0 aliphatic rings. The van der Waals surface area contributed by atoms with Gasteiger partial charge in [-0.3, -0.25) is 9.59 Å². The molecule has 0 bridgehead atoms. The van der Waals surface area contributed by atoms with Crippen LogP contribution in [0.2, 0.25) is 0 Å². The van der Waals surface area contributed by atoms with Crippen LogP contribution in [0.15, 0.2) is 30.3 Å². The van der Waals surface area contributed by atoms with Crippen LogP contribution >= 0.6 is 11.6 Å². The van der Waals surface area contributed by atoms with Gasteiger partial charge in [-0.1, -0.05) is 30.3 Å². The molecule has 0 aromatic heterocycles. The number of carbonyl (C=O) groups excluding carboxylic acids is 2. The third-order valence-corrected chi connectivity index (χ3v) is 2.56. The van der Waals surface area contributed by atoms with E-state index in [0.717, 1.165) is 5.56 Å². The smallest absolute Gasteiger partial charge is 0.306 e. The molecule has 0 aliphatic carbocycles. The molecular formula is C13H14ClFO3. The van der Waals surface area contributed by atoms with Crippen LogP contribution in [0, 0.1) is 0 Å². The SMILES string of the molecule is O=C(CCCC(F)C(=O)Cl)OCc1ccccc1. The van der Waals surface area contributed by atoms with Gasteiger partial charge in [0.05, 0.1) is 0 Å². The summed E-state index contributed by atoms with van der Waals surface area (Å²) in [5.74, 6) is -0.409. The zero-order valence-corrected chi connectivity index (χ0v) is 10.5. The average molecular weight is 273 g/mol. The summed E-state index contributed by atoms with van der Waals surface area (Å²) in [6, 6.07) is 9.26. The van der Waals surface area contributed by atoms with E-state index in [9.17, 15) is 14.0 Å². The zero-order valence-electron chi connectivity index (χ0n) is 9.77. The van der Waals surface area contributed by atoms with Gasteiger partial charge in [0, 0.05) is 6.42 Å². The van der Waals surface area contributed by atoms with Crippen molar-refractivity contribution in [2.24, 2.45) is 0 Å². The highest BCUT2D eigenvalue weighted by Crippen LogP contribution is 2.09. The minimum absolute atomic E-state index is 0.0528. The number of hydrogen-bond acceptors (Lipinski definition) is 3. The number of alkyl halides is 1. The Labute approximate surface area is 110 Å². The summed E-state index contributed by atoms with van der Waals surface area (Å²) in [5, 5.41) is -1.02. The molecule has 1 aromatic carbocycles. The van der Waals surface area contributed by atoms with Crippen LogP contribution < -0.4 is 0 Å². The Morgan fingerprint density at radius 2 is 1.94 bits per heavy atom. The quantitative estimate of drug-likeness (QED) is 0.566. The maximum atomic E-state index is 12.8. The average Bonchev–Trinajstić information content (AvgIpc) is 2.37. The predicted molar refractivity (Wildman–Crippen MR) is 65.8 cm³/mol. The molecule has 3 nitrogen and oxygen atoms in total. The molecule has 0 N–H and O–H groups in total. The van der Waals surface area contributed by atoms with Crippen LogP contribution in [0.5, 0.6) is 0 Å². The highest BCUT2D eigenvalue weighted by molar-refractivity contribution is 6.64. The van der Waals surface area contributed by atoms with Crippen LogP contribution in [0.3, 0.4) is 0 Å². The first kappa shape index (κ1) is 14.6. The fourth-order valence-corrected chi connectivity index (χ4v) is 1.46. The number of benzene rings is 1. The van der Waals surface area contributed by atoms with E-state index in [0.29, 0.717) is 0 Å². The molecule has 0 heterocycles. The number of esters is 1. The normalized spacial score (nSPS) is 11.9. The van der Waals surface area contributed by atoms with Crippen LogP contribution in [0.1, 0.15) is 24.8 Å². The molecule has 18 heavy (non-hydrogen) atoms. The topological polar surface area (TPSA) is 43.4 Å². The lowest BCUT2D eigenvalue weighted by atomic mass is 10.2. The Morgan fingerprint density at radius 1 is 1.28 bits per heavy atom. The second-order valence-electron chi connectivity index (χ2n) is 3.81. The Balaban J connectivity index is 2.17. The first-order valence-corrected chi connectivity index (χ1v) is 6.00. The van der Waals surface area contributed by atoms with Gasteiger partial charge < -0.3 is 4.74 Å². The molecule has 1 rings (SSSR count). The molecule has 1 aromatic rings. The molecule has 1 atom stereocenters. The van der Waals surface area contributed by atoms with Crippen molar-refractivity contribution < 1.29 is 18.7 Å². The Hall–Kier alpha value is -1.42. The largest absolute Gasteiger partial charge is 0.461 e. The summed E-state index contributed by atoms with van der Waals surface area (Å²) in [5.41, 5.74) is 0.894. The third-order valence-electron chi connectivity index (χ3n) is 2.33. The summed E-state index contributed by atoms with van der Waals surface area (Å²) in [4.78, 5) is 21.7. The minimum atomic E-state index is -1.70. The molecule has 5 heteroatoms. The van der Waals surface area contributed by atoms with Gasteiger partial charge in [-0.2, -0.15) is 0 Å². The molecule has 0 spiro atoms. The molecule has 0 saturated heterocycles. The van der Waals surface area contributed by atoms with E-state index in [2.05, 4.69) is 0 Å². The van der Waals surface area contributed by atoms with Gasteiger partial charge in [0.15, 0.2) is 6.17 Å². The second kappa shape index (κ2) is 7.82. The first-order valence-electron chi connectivity index (χ1n) is 5.62. The van der Waals surface area contributed by atoms with Crippen LogP contribution in [-0.2, 0) is 20.9 Å². The van der Waals surface area contributed by atoms with Crippen molar-refractivity contribution in [2.45, 2.75) is 32.0 Å². The lowest BCUT2D eigenvalue weighted by molar-refractivity contribution is -0.145. The fraction of sp³-hybridized carbons (Fsp3) is 0.385. The molecule has 0 radical (unpaired) electrons. The Morgan fingerprint density at radius 3 is 2.56 bits per heavy atom. The van der Waals surface area contributed by atoms with Crippen molar-refractivity contribution in [3.63, 3.8) is 0 Å². The molecule has 98 valence electrons. The highest BCUT2D eigenvalue weighted by Gasteiger charge is 2.14. The summed E-state index contributed by atoms with van der Waals surface area (Å²) < 4.78 is 17.8. The van der Waals surface area contributed by atoms with Crippen molar-refractivity contribution in [1.82, 2.24) is 0 Å². The van der Waals surface area contributed by atoms with Gasteiger partial charge in [0.2, 0.25) is 0 Å². The van der Waals surface area contributed by atoms with Crippen LogP contribution in [-0.4, -0.2) is 17.4 Å². The lowest BCUT2D eigenvalue weighted by Crippen LogP contribution is -2.11. The van der Waals surface area contributed by atoms with Gasteiger partial charge in [0.1, 0.15) is 6.61 Å². The van der Waals surface area contributed by atoms with Crippen molar-refractivity contribution in [1.29, 1.82) is 0 Å². The molecule has 0 amide bonds. The molecule has 0 saturated carbocycles. The molecular weight excluding hydrogens is 259 g/mol. The number of rotatable bonds is 7. The predicted octanol–water partition coefficient (Wildman–Crippen LogP) is 3.00. The van der Waals surface area contributed by atoms with Gasteiger partial charge in [-0.25, -0.2) is 4.39 Å². The zero-order chi connectivity index (χ0) is 13.4. The van der Waals surface area contributed by atoms with Crippen LogP contribution in [0.4, 0.5) is 4.39 Å². The lowest BCUT2D eigenvalue weighted by Gasteiger charge is -2.05. The van der Waals surface area contributed by atoms with E-state index in [1.54, 1.807) is 0 Å². The Bertz CT molecular complexity index is 394. The summed E-state index contributed by atoms with van der Waals surface area (Å²) >= 11 is 4.95. The Kier molecular flexibility index (Phi) is 6.36. The van der Waals surface area contributed by atoms with E-state index in [-0.39, 0.29) is 25.9 Å². The molecule has 1 unspecified atom stereocenters. The van der Waals surface area contributed by atoms with E-state index < -0.39 is 17.4 Å². The van der Waals surface area contributed by atoms with Crippen molar-refractivity contribution >= 4 is 22.8 Å². The van der Waals surface area contributed by atoms with Gasteiger partial charge in [0.25, 0.3) is 5.24 Å². The standard InChI is InChI=1S/C13H14ClFO3/c14-13(17)11(15)7-4-8-12(16)18-9-10-5-2-1-3-6-10/h1-3,5-6,11H,4,7-9H2. The third kappa shape index (κ3) is 5.77. The van der Waals surface area contributed by atoms with Gasteiger partial charge in [-0.15, -0.1) is 0 Å². The number of hydrogen-bond donors (Lipinski definition) is 0. The first-order chi connectivity index (χ1) is 8.59. The van der Waals surface area contributed by atoms with Crippen molar-refractivity contribution in [3.8, 4) is 0 Å². The number of ether oxygens (including phenoxy) is 1. The van der Waals surface area contributed by atoms with Crippen molar-refractivity contribution in [3.05, 3.63) is 35.9 Å². The maximum Gasteiger partial charge on any atom is 0.306 e. The van der Waals surface area contributed by atoms with E-state index >= 15 is 0 Å². The second-order valence-corrected chi connectivity index (χ2v) is 4.18. The van der Waals surface area contributed by atoms with E-state index in [4.69, 9.17) is 16.3 Å². The van der Waals surface area contributed by atoms with E-state index in [1.165, 1.54) is 0 Å². The molecule has 0 fully saturated rings. The minimum Gasteiger partial charge on any atom is -0.461 e. The maximum absolute atomic E-state index is 12.8. The summed E-state index contributed by atoms with van der Waals surface area (Å²) in [6.07, 6.45) is -1.43. The van der Waals surface area contributed by atoms with Gasteiger partial charge >= 0.3 is 5.97 Å². The van der Waals surface area contributed by atoms with Gasteiger partial charge in [-0.05, 0) is 30.0 Å². The van der Waals surface area contributed by atoms with Crippen molar-refractivity contribution in [2.75, 3.05) is 0 Å². The fourth-order valence-electron chi connectivity index (χ4n) is 1.35.